The molecule has 0 fully saturated rings. The second-order valence-electron chi connectivity index (χ2n) is 3.82. The molecule has 5 nitrogen and oxygen atoms in total. The minimum Gasteiger partial charge on any atom is -0.506 e. The topological polar surface area (TPSA) is 115 Å². The first-order valence-corrected chi connectivity index (χ1v) is 6.02. The van der Waals surface area contributed by atoms with E-state index < -0.39 is 23.5 Å². The quantitative estimate of drug-likeness (QED) is 0.921. The van der Waals surface area contributed by atoms with Crippen LogP contribution in [0.1, 0.15) is 11.5 Å². The molecule has 0 saturated carbocycles. The minimum atomic E-state index is -1.29. The molecule has 0 saturated heterocycles. The molecule has 0 spiro atoms. The Hall–Kier alpha value is -2.44. The van der Waals surface area contributed by atoms with Gasteiger partial charge in [0.1, 0.15) is 17.6 Å². The lowest BCUT2D eigenvalue weighted by molar-refractivity contribution is 0.446. The van der Waals surface area contributed by atoms with Gasteiger partial charge in [0.05, 0.1) is 29.3 Å². The number of halogens is 2. The van der Waals surface area contributed by atoms with Gasteiger partial charge in [-0.25, -0.2) is 0 Å². The molecule has 20 heavy (non-hydrogen) atoms. The Morgan fingerprint density at radius 1 is 0.900 bits per heavy atom. The minimum absolute atomic E-state index is 0.0312. The summed E-state index contributed by atoms with van der Waals surface area (Å²) in [7, 11) is 0. The average Bonchev–Trinajstić information content (AvgIpc) is 2.43. The summed E-state index contributed by atoms with van der Waals surface area (Å²) >= 11 is 11.6. The summed E-state index contributed by atoms with van der Waals surface area (Å²) in [5, 5.41) is 46.0. The molecule has 0 aliphatic heterocycles. The predicted molar refractivity (Wildman–Crippen MR) is 70.3 cm³/mol. The molecule has 0 bridgehead atoms. The molecule has 0 aliphatic rings. The van der Waals surface area contributed by atoms with Gasteiger partial charge >= 0.3 is 0 Å². The van der Waals surface area contributed by atoms with E-state index in [0.717, 1.165) is 0 Å². The van der Waals surface area contributed by atoms with Crippen LogP contribution in [0.2, 0.25) is 10.0 Å². The molecular formula is C13H6Cl2N4O. The fourth-order valence-electron chi connectivity index (χ4n) is 1.77. The molecule has 0 unspecified atom stereocenters. The monoisotopic (exact) mass is 304 g/mol. The fourth-order valence-corrected chi connectivity index (χ4v) is 2.28. The second kappa shape index (κ2) is 6.65. The summed E-state index contributed by atoms with van der Waals surface area (Å²) in [4.78, 5) is 0. The van der Waals surface area contributed by atoms with Gasteiger partial charge < -0.3 is 5.11 Å². The van der Waals surface area contributed by atoms with Crippen LogP contribution in [0.5, 0.6) is 5.75 Å². The molecule has 0 aliphatic carbocycles. The predicted octanol–water partition coefficient (Wildman–Crippen LogP) is 3.11. The number of phenolic OH excluding ortho intramolecular Hbond substituents is 1. The lowest BCUT2D eigenvalue weighted by Crippen LogP contribution is -2.18. The molecule has 1 aromatic rings. The molecule has 0 atom stereocenters. The van der Waals surface area contributed by atoms with Crippen molar-refractivity contribution < 1.29 is 5.11 Å². The van der Waals surface area contributed by atoms with Crippen molar-refractivity contribution in [2.45, 2.75) is 5.92 Å². The largest absolute Gasteiger partial charge is 0.506 e. The van der Waals surface area contributed by atoms with Crippen molar-refractivity contribution in [1.82, 2.24) is 0 Å². The lowest BCUT2D eigenvalue weighted by atomic mass is 9.78. The number of rotatable bonds is 3. The van der Waals surface area contributed by atoms with Crippen molar-refractivity contribution in [3.05, 3.63) is 27.7 Å². The van der Waals surface area contributed by atoms with Crippen molar-refractivity contribution in [2.24, 2.45) is 11.8 Å². The van der Waals surface area contributed by atoms with Crippen LogP contribution in [0, 0.1) is 57.2 Å². The molecule has 0 radical (unpaired) electrons. The van der Waals surface area contributed by atoms with Gasteiger partial charge in [-0.1, -0.05) is 23.2 Å². The van der Waals surface area contributed by atoms with E-state index in [1.54, 1.807) is 24.3 Å². The number of aromatic hydroxyl groups is 1. The first-order valence-electron chi connectivity index (χ1n) is 5.26. The number of nitrogens with zero attached hydrogens (tertiary/aromatic N) is 4. The van der Waals surface area contributed by atoms with Crippen molar-refractivity contribution in [3.8, 4) is 30.0 Å². The molecule has 1 rings (SSSR count). The van der Waals surface area contributed by atoms with Gasteiger partial charge in [-0.15, -0.1) is 0 Å². The Balaban J connectivity index is 3.57. The van der Waals surface area contributed by atoms with Gasteiger partial charge in [0.2, 0.25) is 0 Å². The van der Waals surface area contributed by atoms with Crippen molar-refractivity contribution in [3.63, 3.8) is 0 Å². The van der Waals surface area contributed by atoms with Gasteiger partial charge in [-0.2, -0.15) is 21.0 Å². The van der Waals surface area contributed by atoms with Crippen LogP contribution in [0.4, 0.5) is 0 Å². The highest BCUT2D eigenvalue weighted by Gasteiger charge is 2.34. The first-order chi connectivity index (χ1) is 9.49. The first kappa shape index (κ1) is 15.6. The summed E-state index contributed by atoms with van der Waals surface area (Å²) in [5.41, 5.74) is 0.0312. The summed E-state index contributed by atoms with van der Waals surface area (Å²) < 4.78 is 0. The van der Waals surface area contributed by atoms with Crippen molar-refractivity contribution in [1.29, 1.82) is 21.0 Å². The third-order valence-electron chi connectivity index (χ3n) is 2.69. The maximum absolute atomic E-state index is 9.94. The van der Waals surface area contributed by atoms with Crippen LogP contribution in [0.25, 0.3) is 0 Å². The lowest BCUT2D eigenvalue weighted by Gasteiger charge is -2.20. The van der Waals surface area contributed by atoms with Gasteiger partial charge in [-0.05, 0) is 12.1 Å². The highest BCUT2D eigenvalue weighted by atomic mass is 35.5. The third-order valence-corrected chi connectivity index (χ3v) is 3.20. The van der Waals surface area contributed by atoms with Gasteiger partial charge in [0.15, 0.2) is 0 Å². The van der Waals surface area contributed by atoms with Crippen LogP contribution in [0.15, 0.2) is 12.1 Å². The number of hydrogen-bond acceptors (Lipinski definition) is 5. The highest BCUT2D eigenvalue weighted by molar-refractivity contribution is 6.35. The molecule has 1 aromatic carbocycles. The number of phenols is 1. The summed E-state index contributed by atoms with van der Waals surface area (Å²) in [5.74, 6) is -4.11. The number of hydrogen-bond donors (Lipinski definition) is 1. The molecule has 0 heterocycles. The van der Waals surface area contributed by atoms with Gasteiger partial charge in [0, 0.05) is 16.5 Å². The Morgan fingerprint density at radius 3 is 1.75 bits per heavy atom. The maximum atomic E-state index is 9.94. The standard InChI is InChI=1S/C13H6Cl2N4O/c14-9-1-10(13(20)11(15)2-9)12(7(3-16)4-17)8(5-18)6-19/h1-2,7-8,12,20H. The van der Waals surface area contributed by atoms with E-state index in [1.807, 2.05) is 0 Å². The SMILES string of the molecule is N#CC(C#N)C(c1cc(Cl)cc(Cl)c1O)C(C#N)C#N. The normalized spacial score (nSPS) is 9.85. The Labute approximate surface area is 125 Å². The van der Waals surface area contributed by atoms with E-state index in [2.05, 4.69) is 0 Å². The summed E-state index contributed by atoms with van der Waals surface area (Å²) in [6, 6.07) is 9.39. The summed E-state index contributed by atoms with van der Waals surface area (Å²) in [6.45, 7) is 0. The van der Waals surface area contributed by atoms with Crippen LogP contribution in [-0.4, -0.2) is 5.11 Å². The zero-order chi connectivity index (χ0) is 15.3. The zero-order valence-corrected chi connectivity index (χ0v) is 11.4. The highest BCUT2D eigenvalue weighted by Crippen LogP contribution is 2.41. The van der Waals surface area contributed by atoms with Crippen molar-refractivity contribution >= 4 is 23.2 Å². The molecule has 0 amide bonds. The second-order valence-corrected chi connectivity index (χ2v) is 4.67. The molecule has 7 heteroatoms. The molecular weight excluding hydrogens is 299 g/mol. The molecule has 98 valence electrons. The van der Waals surface area contributed by atoms with Gasteiger partial charge in [0.25, 0.3) is 0 Å². The zero-order valence-electron chi connectivity index (χ0n) is 9.88. The van der Waals surface area contributed by atoms with E-state index >= 15 is 0 Å². The van der Waals surface area contributed by atoms with E-state index in [1.165, 1.54) is 12.1 Å². The van der Waals surface area contributed by atoms with Gasteiger partial charge in [-0.3, -0.25) is 0 Å². The van der Waals surface area contributed by atoms with Crippen LogP contribution >= 0.6 is 23.2 Å². The third kappa shape index (κ3) is 2.93. The Kier molecular flexibility index (Phi) is 5.19. The van der Waals surface area contributed by atoms with Crippen LogP contribution < -0.4 is 0 Å². The van der Waals surface area contributed by atoms with E-state index in [0.29, 0.717) is 0 Å². The molecule has 0 aromatic heterocycles. The smallest absolute Gasteiger partial charge is 0.142 e. The maximum Gasteiger partial charge on any atom is 0.142 e. The number of benzene rings is 1. The van der Waals surface area contributed by atoms with Crippen molar-refractivity contribution in [2.75, 3.05) is 0 Å². The number of nitriles is 4. The average molecular weight is 305 g/mol. The Bertz CT molecular complexity index is 631. The van der Waals surface area contributed by atoms with Crippen LogP contribution in [-0.2, 0) is 0 Å². The van der Waals surface area contributed by atoms with E-state index in [9.17, 15) is 5.11 Å². The fraction of sp³-hybridized carbons (Fsp3) is 0.231. The van der Waals surface area contributed by atoms with E-state index in [-0.39, 0.29) is 15.6 Å². The van der Waals surface area contributed by atoms with Crippen LogP contribution in [0.3, 0.4) is 0 Å². The van der Waals surface area contributed by atoms with E-state index in [4.69, 9.17) is 44.2 Å². The summed E-state index contributed by atoms with van der Waals surface area (Å²) in [6.07, 6.45) is 0. The Morgan fingerprint density at radius 2 is 1.35 bits per heavy atom. The molecule has 1 N–H and O–H groups in total.